The maximum Gasteiger partial charge on any atom is 0.315 e. The van der Waals surface area contributed by atoms with Crippen LogP contribution in [-0.2, 0) is 17.9 Å². The minimum atomic E-state index is -0.270. The van der Waals surface area contributed by atoms with Crippen LogP contribution in [0.2, 0.25) is 0 Å². The Labute approximate surface area is 175 Å². The van der Waals surface area contributed by atoms with Crippen LogP contribution in [0.4, 0.5) is 4.79 Å². The Hall–Kier alpha value is -3.81. The third-order valence-corrected chi connectivity index (χ3v) is 4.35. The molecule has 2 N–H and O–H groups in total. The van der Waals surface area contributed by atoms with E-state index in [0.29, 0.717) is 18.8 Å². The fourth-order valence-electron chi connectivity index (χ4n) is 2.68. The minimum absolute atomic E-state index is 0.0258. The molecule has 156 valence electrons. The molecule has 0 aliphatic rings. The van der Waals surface area contributed by atoms with Crippen LogP contribution >= 0.6 is 0 Å². The Morgan fingerprint density at radius 2 is 1.70 bits per heavy atom. The van der Waals surface area contributed by atoms with Gasteiger partial charge in [-0.3, -0.25) is 4.79 Å². The van der Waals surface area contributed by atoms with Gasteiger partial charge in [-0.2, -0.15) is 5.10 Å². The second kappa shape index (κ2) is 10.1. The van der Waals surface area contributed by atoms with Crippen molar-refractivity contribution in [2.24, 2.45) is 0 Å². The van der Waals surface area contributed by atoms with Crippen molar-refractivity contribution in [3.8, 4) is 11.4 Å². The molecule has 0 radical (unpaired) electrons. The zero-order valence-corrected chi connectivity index (χ0v) is 17.0. The highest BCUT2D eigenvalue weighted by Crippen LogP contribution is 2.13. The molecule has 0 unspecified atom stereocenters. The molecule has 0 saturated heterocycles. The van der Waals surface area contributed by atoms with E-state index in [1.165, 1.54) is 4.90 Å². The standard InChI is InChI=1S/C22H25N5O3/c1-26(2)21(28)16-30-20-9-4-7-18(13-20)15-24-22(29)23-14-17-6-3-8-19(12-17)27-11-5-10-25-27/h3-13H,14-16H2,1-2H3,(H2,23,24,29). The van der Waals surface area contributed by atoms with Gasteiger partial charge < -0.3 is 20.3 Å². The molecular weight excluding hydrogens is 382 g/mol. The van der Waals surface area contributed by atoms with Crippen molar-refractivity contribution in [1.82, 2.24) is 25.3 Å². The summed E-state index contributed by atoms with van der Waals surface area (Å²) < 4.78 is 7.27. The van der Waals surface area contributed by atoms with Crippen LogP contribution < -0.4 is 15.4 Å². The van der Waals surface area contributed by atoms with Crippen molar-refractivity contribution in [2.45, 2.75) is 13.1 Å². The van der Waals surface area contributed by atoms with Crippen LogP contribution in [-0.4, -0.2) is 47.3 Å². The lowest BCUT2D eigenvalue weighted by molar-refractivity contribution is -0.130. The summed E-state index contributed by atoms with van der Waals surface area (Å²) in [5, 5.41) is 9.88. The van der Waals surface area contributed by atoms with Crippen LogP contribution in [0.3, 0.4) is 0 Å². The average molecular weight is 407 g/mol. The lowest BCUT2D eigenvalue weighted by Gasteiger charge is -2.12. The van der Waals surface area contributed by atoms with Crippen LogP contribution in [0.15, 0.2) is 67.0 Å². The third-order valence-electron chi connectivity index (χ3n) is 4.35. The Kier molecular flexibility index (Phi) is 7.05. The predicted octanol–water partition coefficient (Wildman–Crippen LogP) is 2.34. The number of carbonyl (C=O) groups excluding carboxylic acids is 2. The summed E-state index contributed by atoms with van der Waals surface area (Å²) in [6, 6.07) is 16.7. The first-order valence-corrected chi connectivity index (χ1v) is 9.54. The first kappa shape index (κ1) is 20.9. The Bertz CT molecular complexity index is 986. The molecule has 30 heavy (non-hydrogen) atoms. The average Bonchev–Trinajstić information content (AvgIpc) is 3.30. The van der Waals surface area contributed by atoms with E-state index in [1.807, 2.05) is 48.7 Å². The number of amides is 3. The smallest absolute Gasteiger partial charge is 0.315 e. The second-order valence-corrected chi connectivity index (χ2v) is 6.88. The maximum atomic E-state index is 12.2. The van der Waals surface area contributed by atoms with Gasteiger partial charge in [-0.25, -0.2) is 9.48 Å². The molecule has 2 aromatic carbocycles. The van der Waals surface area contributed by atoms with Gasteiger partial charge in [0, 0.05) is 39.6 Å². The van der Waals surface area contributed by atoms with Gasteiger partial charge in [-0.15, -0.1) is 0 Å². The molecule has 8 heteroatoms. The number of ether oxygens (including phenoxy) is 1. The molecule has 3 aromatic rings. The minimum Gasteiger partial charge on any atom is -0.484 e. The lowest BCUT2D eigenvalue weighted by Crippen LogP contribution is -2.34. The maximum absolute atomic E-state index is 12.2. The van der Waals surface area contributed by atoms with E-state index in [1.54, 1.807) is 37.1 Å². The number of hydrogen-bond donors (Lipinski definition) is 2. The van der Waals surface area contributed by atoms with Crippen molar-refractivity contribution < 1.29 is 14.3 Å². The van der Waals surface area contributed by atoms with Gasteiger partial charge in [0.25, 0.3) is 5.91 Å². The van der Waals surface area contributed by atoms with Crippen LogP contribution in [0, 0.1) is 0 Å². The molecule has 1 aromatic heterocycles. The van der Waals surface area contributed by atoms with E-state index >= 15 is 0 Å². The Morgan fingerprint density at radius 3 is 2.37 bits per heavy atom. The summed E-state index contributed by atoms with van der Waals surface area (Å²) in [6.07, 6.45) is 3.59. The van der Waals surface area contributed by atoms with Gasteiger partial charge in [0.15, 0.2) is 6.61 Å². The Morgan fingerprint density at radius 1 is 1.00 bits per heavy atom. The summed E-state index contributed by atoms with van der Waals surface area (Å²) in [5.41, 5.74) is 2.78. The largest absolute Gasteiger partial charge is 0.484 e. The van der Waals surface area contributed by atoms with Crippen molar-refractivity contribution >= 4 is 11.9 Å². The summed E-state index contributed by atoms with van der Waals surface area (Å²) in [5.74, 6) is 0.467. The van der Waals surface area contributed by atoms with Crippen molar-refractivity contribution in [1.29, 1.82) is 0 Å². The predicted molar refractivity (Wildman–Crippen MR) is 113 cm³/mol. The van der Waals surface area contributed by atoms with Gasteiger partial charge in [0.1, 0.15) is 5.75 Å². The second-order valence-electron chi connectivity index (χ2n) is 6.88. The molecule has 0 fully saturated rings. The molecule has 1 heterocycles. The van der Waals surface area contributed by atoms with Gasteiger partial charge in [0.05, 0.1) is 5.69 Å². The van der Waals surface area contributed by atoms with E-state index in [2.05, 4.69) is 15.7 Å². The first-order chi connectivity index (χ1) is 14.5. The summed E-state index contributed by atoms with van der Waals surface area (Å²) in [4.78, 5) is 25.3. The molecule has 8 nitrogen and oxygen atoms in total. The van der Waals surface area contributed by atoms with Gasteiger partial charge in [0.2, 0.25) is 0 Å². The normalized spacial score (nSPS) is 10.3. The number of likely N-dealkylation sites (N-methyl/N-ethyl adjacent to an activating group) is 1. The van der Waals surface area contributed by atoms with Gasteiger partial charge in [-0.1, -0.05) is 24.3 Å². The lowest BCUT2D eigenvalue weighted by atomic mass is 10.2. The van der Waals surface area contributed by atoms with Gasteiger partial charge >= 0.3 is 6.03 Å². The number of hydrogen-bond acceptors (Lipinski definition) is 4. The summed E-state index contributed by atoms with van der Waals surface area (Å²) in [6.45, 7) is 0.719. The number of benzene rings is 2. The molecule has 3 rings (SSSR count). The first-order valence-electron chi connectivity index (χ1n) is 9.54. The summed E-state index contributed by atoms with van der Waals surface area (Å²) in [7, 11) is 3.36. The Balaban J connectivity index is 1.46. The van der Waals surface area contributed by atoms with E-state index in [0.717, 1.165) is 16.8 Å². The van der Waals surface area contributed by atoms with E-state index < -0.39 is 0 Å². The van der Waals surface area contributed by atoms with E-state index in [-0.39, 0.29) is 18.5 Å². The van der Waals surface area contributed by atoms with Crippen LogP contribution in [0.1, 0.15) is 11.1 Å². The van der Waals surface area contributed by atoms with Crippen LogP contribution in [0.25, 0.3) is 5.69 Å². The molecule has 0 spiro atoms. The zero-order chi connectivity index (χ0) is 21.3. The van der Waals surface area contributed by atoms with Crippen molar-refractivity contribution in [2.75, 3.05) is 20.7 Å². The highest BCUT2D eigenvalue weighted by atomic mass is 16.5. The number of nitrogens with zero attached hydrogens (tertiary/aromatic N) is 3. The zero-order valence-electron chi connectivity index (χ0n) is 17.0. The monoisotopic (exact) mass is 407 g/mol. The van der Waals surface area contributed by atoms with Crippen LogP contribution in [0.5, 0.6) is 5.75 Å². The SMILES string of the molecule is CN(C)C(=O)COc1cccc(CNC(=O)NCc2cccc(-n3cccn3)c2)c1. The molecular formula is C22H25N5O3. The van der Waals surface area contributed by atoms with Crippen molar-refractivity contribution in [3.05, 3.63) is 78.1 Å². The summed E-state index contributed by atoms with van der Waals surface area (Å²) >= 11 is 0. The fourth-order valence-corrected chi connectivity index (χ4v) is 2.68. The molecule has 0 aliphatic carbocycles. The molecule has 3 amide bonds. The quantitative estimate of drug-likeness (QED) is 0.600. The van der Waals surface area contributed by atoms with E-state index in [4.69, 9.17) is 4.74 Å². The number of nitrogens with one attached hydrogen (secondary N) is 2. The topological polar surface area (TPSA) is 88.5 Å². The molecule has 0 bridgehead atoms. The fraction of sp³-hybridized carbons (Fsp3) is 0.227. The van der Waals surface area contributed by atoms with E-state index in [9.17, 15) is 9.59 Å². The molecule has 0 saturated carbocycles. The third kappa shape index (κ3) is 6.10. The van der Waals surface area contributed by atoms with Gasteiger partial charge in [-0.05, 0) is 41.5 Å². The number of aromatic nitrogens is 2. The highest BCUT2D eigenvalue weighted by molar-refractivity contribution is 5.77. The number of carbonyl (C=O) groups is 2. The number of rotatable bonds is 8. The molecule has 0 aliphatic heterocycles. The number of urea groups is 1. The highest BCUT2D eigenvalue weighted by Gasteiger charge is 2.06. The van der Waals surface area contributed by atoms with Crippen molar-refractivity contribution in [3.63, 3.8) is 0 Å². The molecule has 0 atom stereocenters.